The minimum atomic E-state index is -0.292. The molecule has 0 saturated carbocycles. The van der Waals surface area contributed by atoms with Crippen LogP contribution < -0.4 is 4.90 Å². The maximum Gasteiger partial charge on any atom is 0.278 e. The van der Waals surface area contributed by atoms with E-state index in [1.807, 2.05) is 82.4 Å². The van der Waals surface area contributed by atoms with E-state index in [0.717, 1.165) is 16.8 Å². The van der Waals surface area contributed by atoms with E-state index in [9.17, 15) is 9.59 Å². The van der Waals surface area contributed by atoms with Crippen molar-refractivity contribution >= 4 is 23.1 Å². The molecule has 0 unspecified atom stereocenters. The molecule has 1 heterocycles. The molecule has 2 amide bonds. The van der Waals surface area contributed by atoms with E-state index >= 15 is 0 Å². The molecule has 0 radical (unpaired) electrons. The number of para-hydroxylation sites is 1. The van der Waals surface area contributed by atoms with Gasteiger partial charge in [0.25, 0.3) is 11.8 Å². The molecule has 5 nitrogen and oxygen atoms in total. The van der Waals surface area contributed by atoms with Crippen molar-refractivity contribution in [1.29, 1.82) is 0 Å². The van der Waals surface area contributed by atoms with Gasteiger partial charge in [0.1, 0.15) is 5.70 Å². The van der Waals surface area contributed by atoms with Gasteiger partial charge in [-0.25, -0.2) is 0 Å². The van der Waals surface area contributed by atoms with Gasteiger partial charge in [0.15, 0.2) is 0 Å². The molecule has 28 heavy (non-hydrogen) atoms. The molecule has 146 valence electrons. The minimum Gasteiger partial charge on any atom is -0.377 e. The maximum atomic E-state index is 13.2. The van der Waals surface area contributed by atoms with E-state index in [0.29, 0.717) is 17.9 Å². The molecule has 2 aromatic carbocycles. The number of aryl methyl sites for hydroxylation is 1. The molecule has 0 N–H and O–H groups in total. The van der Waals surface area contributed by atoms with Gasteiger partial charge in [-0.05, 0) is 38.5 Å². The molecule has 2 aromatic rings. The summed E-state index contributed by atoms with van der Waals surface area (Å²) in [5, 5.41) is 0. The highest BCUT2D eigenvalue weighted by molar-refractivity contribution is 6.36. The van der Waals surface area contributed by atoms with Gasteiger partial charge in [0, 0.05) is 12.7 Å². The number of carbonyl (C=O) groups excluding carboxylic acids is 2. The van der Waals surface area contributed by atoms with Crippen molar-refractivity contribution in [3.8, 4) is 0 Å². The summed E-state index contributed by atoms with van der Waals surface area (Å²) in [6.07, 6.45) is 0.0452. The predicted molar refractivity (Wildman–Crippen MR) is 111 cm³/mol. The van der Waals surface area contributed by atoms with Crippen LogP contribution in [0.25, 0.3) is 5.57 Å². The van der Waals surface area contributed by atoms with Gasteiger partial charge in [-0.3, -0.25) is 14.5 Å². The van der Waals surface area contributed by atoms with Gasteiger partial charge < -0.3 is 9.64 Å². The first kappa shape index (κ1) is 19.8. The lowest BCUT2D eigenvalue weighted by molar-refractivity contribution is -0.138. The quantitative estimate of drug-likeness (QED) is 0.691. The number of likely N-dealkylation sites (N-methyl/N-ethyl adjacent to an activating group) is 1. The third-order valence-electron chi connectivity index (χ3n) is 4.73. The van der Waals surface area contributed by atoms with Crippen LogP contribution in [0.4, 0.5) is 5.69 Å². The zero-order valence-corrected chi connectivity index (χ0v) is 16.8. The van der Waals surface area contributed by atoms with E-state index in [-0.39, 0.29) is 24.5 Å². The average Bonchev–Trinajstić information content (AvgIpc) is 2.93. The second kappa shape index (κ2) is 8.40. The van der Waals surface area contributed by atoms with E-state index in [2.05, 4.69) is 0 Å². The largest absolute Gasteiger partial charge is 0.377 e. The molecular weight excluding hydrogens is 352 g/mol. The highest BCUT2D eigenvalue weighted by Gasteiger charge is 2.40. The van der Waals surface area contributed by atoms with Crippen LogP contribution in [0, 0.1) is 6.92 Å². The molecule has 0 aliphatic carbocycles. The van der Waals surface area contributed by atoms with Crippen molar-refractivity contribution in [2.45, 2.75) is 26.9 Å². The zero-order chi connectivity index (χ0) is 20.3. The lowest BCUT2D eigenvalue weighted by Crippen LogP contribution is -2.37. The van der Waals surface area contributed by atoms with Gasteiger partial charge >= 0.3 is 0 Å². The number of anilines is 1. The molecule has 0 fully saturated rings. The minimum absolute atomic E-state index is 0.0452. The van der Waals surface area contributed by atoms with Gasteiger partial charge in [-0.15, -0.1) is 0 Å². The molecule has 1 aliphatic heterocycles. The highest BCUT2D eigenvalue weighted by Crippen LogP contribution is 2.33. The summed E-state index contributed by atoms with van der Waals surface area (Å²) in [5.74, 6) is -0.571. The van der Waals surface area contributed by atoms with Crippen molar-refractivity contribution in [2.24, 2.45) is 0 Å². The summed E-state index contributed by atoms with van der Waals surface area (Å²) in [6.45, 7) is 6.40. The number of carbonyl (C=O) groups is 2. The molecule has 0 saturated heterocycles. The van der Waals surface area contributed by atoms with Crippen LogP contribution in [0.3, 0.4) is 0 Å². The number of nitrogens with zero attached hydrogens (tertiary/aromatic N) is 2. The number of imide groups is 1. The lowest BCUT2D eigenvalue weighted by Gasteiger charge is -2.21. The Kier molecular flexibility index (Phi) is 5.95. The summed E-state index contributed by atoms with van der Waals surface area (Å²) < 4.78 is 5.56. The Morgan fingerprint density at radius 3 is 2.21 bits per heavy atom. The first-order chi connectivity index (χ1) is 13.4. The molecule has 1 aliphatic rings. The molecule has 0 bridgehead atoms. The van der Waals surface area contributed by atoms with Crippen LogP contribution in [0.15, 0.2) is 60.3 Å². The third-order valence-corrected chi connectivity index (χ3v) is 4.73. The van der Waals surface area contributed by atoms with E-state index in [1.54, 1.807) is 4.90 Å². The van der Waals surface area contributed by atoms with E-state index < -0.39 is 0 Å². The summed E-state index contributed by atoms with van der Waals surface area (Å²) in [5.41, 5.74) is 3.52. The first-order valence-corrected chi connectivity index (χ1v) is 9.48. The van der Waals surface area contributed by atoms with Crippen LogP contribution in [-0.2, 0) is 14.3 Å². The summed E-state index contributed by atoms with van der Waals surface area (Å²) in [6, 6.07) is 17.3. The summed E-state index contributed by atoms with van der Waals surface area (Å²) >= 11 is 0. The SMILES string of the molecule is Cc1ccc(C2=C(N(C)c3ccccc3)C(=O)N(CCOC(C)C)C2=O)cc1. The highest BCUT2D eigenvalue weighted by atomic mass is 16.5. The number of hydrogen-bond donors (Lipinski definition) is 0. The number of hydrogen-bond acceptors (Lipinski definition) is 4. The smallest absolute Gasteiger partial charge is 0.278 e. The molecule has 0 atom stereocenters. The monoisotopic (exact) mass is 378 g/mol. The van der Waals surface area contributed by atoms with Crippen LogP contribution in [-0.4, -0.2) is 43.0 Å². The van der Waals surface area contributed by atoms with Gasteiger partial charge in [0.2, 0.25) is 0 Å². The van der Waals surface area contributed by atoms with Crippen molar-refractivity contribution in [3.05, 3.63) is 71.4 Å². The zero-order valence-electron chi connectivity index (χ0n) is 16.8. The van der Waals surface area contributed by atoms with Crippen LogP contribution >= 0.6 is 0 Å². The van der Waals surface area contributed by atoms with Crippen molar-refractivity contribution in [1.82, 2.24) is 4.90 Å². The third kappa shape index (κ3) is 3.99. The Morgan fingerprint density at radius 2 is 1.61 bits per heavy atom. The van der Waals surface area contributed by atoms with Crippen molar-refractivity contribution < 1.29 is 14.3 Å². The number of benzene rings is 2. The van der Waals surface area contributed by atoms with Gasteiger partial charge in [-0.2, -0.15) is 0 Å². The summed E-state index contributed by atoms with van der Waals surface area (Å²) in [7, 11) is 1.82. The summed E-state index contributed by atoms with van der Waals surface area (Å²) in [4.78, 5) is 29.5. The Morgan fingerprint density at radius 1 is 0.964 bits per heavy atom. The fourth-order valence-electron chi connectivity index (χ4n) is 3.22. The van der Waals surface area contributed by atoms with Gasteiger partial charge in [-0.1, -0.05) is 48.0 Å². The number of ether oxygens (including phenoxy) is 1. The second-order valence-electron chi connectivity index (χ2n) is 7.17. The fraction of sp³-hybridized carbons (Fsp3) is 0.304. The first-order valence-electron chi connectivity index (χ1n) is 9.48. The Balaban J connectivity index is 2.01. The molecule has 0 spiro atoms. The average molecular weight is 378 g/mol. The molecule has 0 aromatic heterocycles. The van der Waals surface area contributed by atoms with E-state index in [4.69, 9.17) is 4.74 Å². The lowest BCUT2D eigenvalue weighted by atomic mass is 10.0. The maximum absolute atomic E-state index is 13.2. The second-order valence-corrected chi connectivity index (χ2v) is 7.17. The van der Waals surface area contributed by atoms with Crippen molar-refractivity contribution in [3.63, 3.8) is 0 Å². The van der Waals surface area contributed by atoms with E-state index in [1.165, 1.54) is 4.90 Å². The topological polar surface area (TPSA) is 49.9 Å². The Labute approximate surface area is 166 Å². The molecule has 5 heteroatoms. The molecular formula is C23H26N2O3. The van der Waals surface area contributed by atoms with Crippen molar-refractivity contribution in [2.75, 3.05) is 25.1 Å². The Bertz CT molecular complexity index is 886. The Hall–Kier alpha value is -2.92. The normalized spacial score (nSPS) is 14.4. The van der Waals surface area contributed by atoms with Crippen LogP contribution in [0.5, 0.6) is 0 Å². The standard InChI is InChI=1S/C23H26N2O3/c1-16(2)28-15-14-25-22(26)20(18-12-10-17(3)11-13-18)21(23(25)27)24(4)19-8-6-5-7-9-19/h5-13,16H,14-15H2,1-4H3. The van der Waals surface area contributed by atoms with Crippen LogP contribution in [0.1, 0.15) is 25.0 Å². The number of rotatable bonds is 7. The molecule has 3 rings (SSSR count). The number of amides is 2. The predicted octanol–water partition coefficient (Wildman–Crippen LogP) is 3.64. The van der Waals surface area contributed by atoms with Gasteiger partial charge in [0.05, 0.1) is 24.8 Å². The van der Waals surface area contributed by atoms with Crippen LogP contribution in [0.2, 0.25) is 0 Å². The fourth-order valence-corrected chi connectivity index (χ4v) is 3.22.